The lowest BCUT2D eigenvalue weighted by Crippen LogP contribution is -2.13. The van der Waals surface area contributed by atoms with Crippen LogP contribution in [0.25, 0.3) is 10.9 Å². The van der Waals surface area contributed by atoms with E-state index < -0.39 is 12.1 Å². The molecule has 0 aliphatic heterocycles. The third kappa shape index (κ3) is 1.71. The topological polar surface area (TPSA) is 62.3 Å². The molecule has 1 aromatic heterocycles. The van der Waals surface area contributed by atoms with E-state index in [0.29, 0.717) is 5.69 Å². The number of aromatic amines is 1. The van der Waals surface area contributed by atoms with Crippen LogP contribution in [-0.4, -0.2) is 23.2 Å². The minimum Gasteiger partial charge on any atom is -0.479 e. The fourth-order valence-corrected chi connectivity index (χ4v) is 1.60. The lowest BCUT2D eigenvalue weighted by atomic mass is 10.2. The predicted octanol–water partition coefficient (Wildman–Crippen LogP) is 1.94. The van der Waals surface area contributed by atoms with Crippen molar-refractivity contribution in [2.24, 2.45) is 0 Å². The minimum atomic E-state index is -0.996. The molecule has 2 rings (SSSR count). The molecule has 0 fully saturated rings. The Morgan fingerprint density at radius 1 is 1.47 bits per heavy atom. The fourth-order valence-electron chi connectivity index (χ4n) is 1.60. The summed E-state index contributed by atoms with van der Waals surface area (Å²) in [7, 11) is 1.38. The molecule has 1 unspecified atom stereocenters. The second-order valence-electron chi connectivity index (χ2n) is 3.27. The molecule has 0 amide bonds. The number of rotatable bonds is 3. The number of nitrogens with one attached hydrogen (secondary N) is 1. The summed E-state index contributed by atoms with van der Waals surface area (Å²) >= 11 is 0. The molecule has 2 N–H and O–H groups in total. The van der Waals surface area contributed by atoms with Crippen molar-refractivity contribution in [3.63, 3.8) is 0 Å². The number of para-hydroxylation sites is 1. The number of fused-ring (bicyclic) bond motifs is 1. The Morgan fingerprint density at radius 2 is 2.20 bits per heavy atom. The van der Waals surface area contributed by atoms with Gasteiger partial charge in [0.05, 0.1) is 5.69 Å². The fraction of sp³-hybridized carbons (Fsp3) is 0.182. The van der Waals surface area contributed by atoms with Gasteiger partial charge in [-0.15, -0.1) is 0 Å². The first-order valence-corrected chi connectivity index (χ1v) is 4.55. The number of carbonyl (C=O) groups is 1. The van der Waals surface area contributed by atoms with Crippen molar-refractivity contribution < 1.29 is 14.6 Å². The number of hydrogen-bond donors (Lipinski definition) is 2. The van der Waals surface area contributed by atoms with Crippen LogP contribution in [0.15, 0.2) is 30.3 Å². The van der Waals surface area contributed by atoms with Crippen LogP contribution < -0.4 is 0 Å². The quantitative estimate of drug-likeness (QED) is 0.804. The molecule has 0 bridgehead atoms. The van der Waals surface area contributed by atoms with Gasteiger partial charge in [-0.3, -0.25) is 0 Å². The highest BCUT2D eigenvalue weighted by Crippen LogP contribution is 2.21. The van der Waals surface area contributed by atoms with Crippen molar-refractivity contribution in [2.45, 2.75) is 6.10 Å². The molecule has 78 valence electrons. The molecule has 0 saturated carbocycles. The summed E-state index contributed by atoms with van der Waals surface area (Å²) in [5.41, 5.74) is 1.47. The summed E-state index contributed by atoms with van der Waals surface area (Å²) in [5.74, 6) is -0.996. The van der Waals surface area contributed by atoms with Crippen LogP contribution in [0, 0.1) is 0 Å². The van der Waals surface area contributed by atoms with Crippen LogP contribution >= 0.6 is 0 Å². The van der Waals surface area contributed by atoms with Crippen LogP contribution in [0.2, 0.25) is 0 Å². The SMILES string of the molecule is COC(C(=O)O)c1cc2ccccc2[nH]1. The summed E-state index contributed by atoms with van der Waals surface area (Å²) < 4.78 is 4.90. The monoisotopic (exact) mass is 205 g/mol. The molecule has 4 heteroatoms. The number of methoxy groups -OCH3 is 1. The van der Waals surface area contributed by atoms with E-state index in [1.165, 1.54) is 7.11 Å². The number of H-pyrrole nitrogens is 1. The van der Waals surface area contributed by atoms with Crippen LogP contribution in [0.1, 0.15) is 11.8 Å². The second-order valence-corrected chi connectivity index (χ2v) is 3.27. The summed E-state index contributed by atoms with van der Waals surface area (Å²) in [5, 5.41) is 9.89. The highest BCUT2D eigenvalue weighted by Gasteiger charge is 2.20. The van der Waals surface area contributed by atoms with E-state index in [1.54, 1.807) is 6.07 Å². The average Bonchev–Trinajstić information content (AvgIpc) is 2.61. The number of aliphatic carboxylic acids is 1. The van der Waals surface area contributed by atoms with Crippen molar-refractivity contribution in [3.05, 3.63) is 36.0 Å². The van der Waals surface area contributed by atoms with Gasteiger partial charge in [0.2, 0.25) is 0 Å². The normalized spacial score (nSPS) is 12.9. The summed E-state index contributed by atoms with van der Waals surface area (Å²) in [6.45, 7) is 0. The van der Waals surface area contributed by atoms with Gasteiger partial charge in [-0.25, -0.2) is 4.79 Å². The van der Waals surface area contributed by atoms with Gasteiger partial charge in [-0.2, -0.15) is 0 Å². The first kappa shape index (κ1) is 9.73. The molecule has 1 heterocycles. The van der Waals surface area contributed by atoms with Crippen LogP contribution in [0.5, 0.6) is 0 Å². The van der Waals surface area contributed by atoms with E-state index >= 15 is 0 Å². The maximum Gasteiger partial charge on any atom is 0.339 e. The van der Waals surface area contributed by atoms with Gasteiger partial charge in [0.15, 0.2) is 6.10 Å². The van der Waals surface area contributed by atoms with E-state index in [2.05, 4.69) is 4.98 Å². The smallest absolute Gasteiger partial charge is 0.339 e. The Morgan fingerprint density at radius 3 is 2.80 bits per heavy atom. The molecule has 2 aromatic rings. The van der Waals surface area contributed by atoms with Gasteiger partial charge in [-0.05, 0) is 17.5 Å². The maximum absolute atomic E-state index is 10.9. The largest absolute Gasteiger partial charge is 0.479 e. The summed E-state index contributed by atoms with van der Waals surface area (Å²) in [4.78, 5) is 13.9. The number of aromatic nitrogens is 1. The van der Waals surface area contributed by atoms with Gasteiger partial charge in [-0.1, -0.05) is 18.2 Å². The number of ether oxygens (including phenoxy) is 1. The molecule has 4 nitrogen and oxygen atoms in total. The zero-order chi connectivity index (χ0) is 10.8. The molecular weight excluding hydrogens is 194 g/mol. The van der Waals surface area contributed by atoms with Crippen molar-refractivity contribution in [1.82, 2.24) is 4.98 Å². The van der Waals surface area contributed by atoms with E-state index in [-0.39, 0.29) is 0 Å². The van der Waals surface area contributed by atoms with Crippen molar-refractivity contribution >= 4 is 16.9 Å². The molecule has 1 aromatic carbocycles. The molecular formula is C11H11NO3. The molecule has 0 aliphatic rings. The summed E-state index contributed by atoms with van der Waals surface area (Å²) in [6, 6.07) is 9.41. The Kier molecular flexibility index (Phi) is 2.43. The van der Waals surface area contributed by atoms with Gasteiger partial charge >= 0.3 is 5.97 Å². The predicted molar refractivity (Wildman–Crippen MR) is 55.7 cm³/mol. The number of benzene rings is 1. The second kappa shape index (κ2) is 3.74. The minimum absolute atomic E-state index is 0.561. The zero-order valence-corrected chi connectivity index (χ0v) is 8.23. The van der Waals surface area contributed by atoms with Crippen LogP contribution in [-0.2, 0) is 9.53 Å². The molecule has 0 spiro atoms. The zero-order valence-electron chi connectivity index (χ0n) is 8.23. The van der Waals surface area contributed by atoms with E-state index in [9.17, 15) is 4.79 Å². The highest BCUT2D eigenvalue weighted by atomic mass is 16.5. The molecule has 0 aliphatic carbocycles. The molecule has 1 atom stereocenters. The Hall–Kier alpha value is -1.81. The molecule has 0 radical (unpaired) electrons. The summed E-state index contributed by atoms with van der Waals surface area (Å²) in [6.07, 6.45) is -0.933. The third-order valence-electron chi connectivity index (χ3n) is 2.29. The first-order chi connectivity index (χ1) is 7.22. The van der Waals surface area contributed by atoms with Crippen LogP contribution in [0.3, 0.4) is 0 Å². The number of carboxylic acid groups (broad SMARTS) is 1. The lowest BCUT2D eigenvalue weighted by Gasteiger charge is -2.07. The highest BCUT2D eigenvalue weighted by molar-refractivity contribution is 5.83. The Bertz CT molecular complexity index is 456. The average molecular weight is 205 g/mol. The number of hydrogen-bond acceptors (Lipinski definition) is 2. The van der Waals surface area contributed by atoms with Crippen molar-refractivity contribution in [2.75, 3.05) is 7.11 Å². The van der Waals surface area contributed by atoms with E-state index in [1.807, 2.05) is 24.3 Å². The Labute approximate surface area is 86.5 Å². The van der Waals surface area contributed by atoms with Gasteiger partial charge < -0.3 is 14.8 Å². The molecule has 15 heavy (non-hydrogen) atoms. The van der Waals surface area contributed by atoms with Crippen LogP contribution in [0.4, 0.5) is 0 Å². The van der Waals surface area contributed by atoms with Crippen molar-refractivity contribution in [1.29, 1.82) is 0 Å². The van der Waals surface area contributed by atoms with Gasteiger partial charge in [0.25, 0.3) is 0 Å². The molecule has 0 saturated heterocycles. The van der Waals surface area contributed by atoms with Gasteiger partial charge in [0.1, 0.15) is 0 Å². The third-order valence-corrected chi connectivity index (χ3v) is 2.29. The van der Waals surface area contributed by atoms with E-state index in [4.69, 9.17) is 9.84 Å². The number of carboxylic acids is 1. The lowest BCUT2D eigenvalue weighted by molar-refractivity contribution is -0.149. The maximum atomic E-state index is 10.9. The first-order valence-electron chi connectivity index (χ1n) is 4.55. The van der Waals surface area contributed by atoms with Crippen molar-refractivity contribution in [3.8, 4) is 0 Å². The Balaban J connectivity index is 2.47. The standard InChI is InChI=1S/C11H11NO3/c1-15-10(11(13)14)9-6-7-4-2-3-5-8(7)12-9/h2-6,10,12H,1H3,(H,13,14). The van der Waals surface area contributed by atoms with Gasteiger partial charge in [0, 0.05) is 12.6 Å². The van der Waals surface area contributed by atoms with E-state index in [0.717, 1.165) is 10.9 Å².